The van der Waals surface area contributed by atoms with Crippen LogP contribution >= 0.6 is 23.2 Å². The van der Waals surface area contributed by atoms with Crippen molar-refractivity contribution in [1.82, 2.24) is 9.97 Å². The number of ether oxygens (including phenoxy) is 1. The van der Waals surface area contributed by atoms with Gasteiger partial charge in [0.25, 0.3) is 5.91 Å². The van der Waals surface area contributed by atoms with Crippen molar-refractivity contribution in [2.75, 3.05) is 31.4 Å². The summed E-state index contributed by atoms with van der Waals surface area (Å²) in [5, 5.41) is 3.46. The van der Waals surface area contributed by atoms with Crippen LogP contribution in [0.4, 0.5) is 11.5 Å². The SMILES string of the molecule is COc1ncc(NC(=O)c2ccc(Cl)cc2Cl)c(N(C)C)n1. The van der Waals surface area contributed by atoms with E-state index in [1.54, 1.807) is 31.1 Å². The van der Waals surface area contributed by atoms with E-state index in [0.29, 0.717) is 22.1 Å². The number of halogens is 2. The van der Waals surface area contributed by atoms with Crippen molar-refractivity contribution in [2.24, 2.45) is 0 Å². The van der Waals surface area contributed by atoms with Gasteiger partial charge in [0.1, 0.15) is 5.69 Å². The number of nitrogens with zero attached hydrogens (tertiary/aromatic N) is 3. The fourth-order valence-corrected chi connectivity index (χ4v) is 2.24. The predicted molar refractivity (Wildman–Crippen MR) is 87.3 cm³/mol. The zero-order valence-corrected chi connectivity index (χ0v) is 13.7. The van der Waals surface area contributed by atoms with Gasteiger partial charge in [-0.15, -0.1) is 0 Å². The van der Waals surface area contributed by atoms with Gasteiger partial charge in [-0.1, -0.05) is 23.2 Å². The molecule has 0 aliphatic heterocycles. The molecule has 0 saturated carbocycles. The van der Waals surface area contributed by atoms with Crippen LogP contribution in [-0.4, -0.2) is 37.1 Å². The van der Waals surface area contributed by atoms with E-state index in [4.69, 9.17) is 27.9 Å². The Morgan fingerprint density at radius 1 is 1.32 bits per heavy atom. The van der Waals surface area contributed by atoms with Crippen LogP contribution in [0.5, 0.6) is 6.01 Å². The molecule has 1 N–H and O–H groups in total. The van der Waals surface area contributed by atoms with Crippen LogP contribution in [0.2, 0.25) is 10.0 Å². The molecule has 1 amide bonds. The van der Waals surface area contributed by atoms with Crippen LogP contribution < -0.4 is 15.0 Å². The quantitative estimate of drug-likeness (QED) is 0.926. The second-order valence-corrected chi connectivity index (χ2v) is 5.41. The van der Waals surface area contributed by atoms with Crippen molar-refractivity contribution in [2.45, 2.75) is 0 Å². The number of aromatic nitrogens is 2. The maximum Gasteiger partial charge on any atom is 0.318 e. The van der Waals surface area contributed by atoms with Crippen molar-refractivity contribution in [3.05, 3.63) is 40.0 Å². The van der Waals surface area contributed by atoms with Gasteiger partial charge in [0.2, 0.25) is 0 Å². The summed E-state index contributed by atoms with van der Waals surface area (Å²) in [7, 11) is 5.07. The Bertz CT molecular complexity index is 707. The minimum atomic E-state index is -0.376. The third kappa shape index (κ3) is 3.58. The summed E-state index contributed by atoms with van der Waals surface area (Å²) in [6, 6.07) is 4.88. The lowest BCUT2D eigenvalue weighted by Crippen LogP contribution is -2.19. The minimum absolute atomic E-state index is 0.214. The van der Waals surface area contributed by atoms with Gasteiger partial charge in [0, 0.05) is 19.1 Å². The first-order chi connectivity index (χ1) is 10.4. The summed E-state index contributed by atoms with van der Waals surface area (Å²) in [6.07, 6.45) is 1.48. The number of rotatable bonds is 4. The predicted octanol–water partition coefficient (Wildman–Crippen LogP) is 3.11. The third-order valence-electron chi connectivity index (χ3n) is 2.78. The number of anilines is 2. The number of carbonyl (C=O) groups is 1. The van der Waals surface area contributed by atoms with E-state index in [1.165, 1.54) is 19.4 Å². The van der Waals surface area contributed by atoms with Gasteiger partial charge in [-0.05, 0) is 18.2 Å². The van der Waals surface area contributed by atoms with E-state index < -0.39 is 0 Å². The number of nitrogens with one attached hydrogen (secondary N) is 1. The fourth-order valence-electron chi connectivity index (χ4n) is 1.75. The summed E-state index contributed by atoms with van der Waals surface area (Å²) in [6.45, 7) is 0. The largest absolute Gasteiger partial charge is 0.467 e. The molecule has 8 heteroatoms. The van der Waals surface area contributed by atoms with E-state index >= 15 is 0 Å². The van der Waals surface area contributed by atoms with Crippen molar-refractivity contribution in [3.8, 4) is 6.01 Å². The molecule has 0 spiro atoms. The van der Waals surface area contributed by atoms with E-state index in [9.17, 15) is 4.79 Å². The van der Waals surface area contributed by atoms with Gasteiger partial charge in [0.05, 0.1) is 23.9 Å². The molecule has 2 rings (SSSR count). The molecule has 0 unspecified atom stereocenters. The number of carbonyl (C=O) groups excluding carboxylic acids is 1. The Balaban J connectivity index is 2.31. The molecule has 0 saturated heterocycles. The lowest BCUT2D eigenvalue weighted by molar-refractivity contribution is 0.102. The summed E-state index contributed by atoms with van der Waals surface area (Å²) in [5.74, 6) is 0.142. The number of hydrogen-bond donors (Lipinski definition) is 1. The smallest absolute Gasteiger partial charge is 0.318 e. The van der Waals surface area contributed by atoms with Crippen molar-refractivity contribution < 1.29 is 9.53 Å². The molecule has 0 aliphatic rings. The highest BCUT2D eigenvalue weighted by Gasteiger charge is 2.16. The molecule has 1 aromatic carbocycles. The maximum absolute atomic E-state index is 12.3. The van der Waals surface area contributed by atoms with Crippen LogP contribution in [0.25, 0.3) is 0 Å². The zero-order chi connectivity index (χ0) is 16.3. The molecule has 0 aliphatic carbocycles. The molecular formula is C14H14Cl2N4O2. The molecule has 0 radical (unpaired) electrons. The van der Waals surface area contributed by atoms with Crippen molar-refractivity contribution >= 4 is 40.6 Å². The number of hydrogen-bond acceptors (Lipinski definition) is 5. The van der Waals surface area contributed by atoms with Crippen LogP contribution in [0.3, 0.4) is 0 Å². The molecule has 2 aromatic rings. The fraction of sp³-hybridized carbons (Fsp3) is 0.214. The first-order valence-electron chi connectivity index (χ1n) is 6.27. The molecule has 1 aromatic heterocycles. The third-order valence-corrected chi connectivity index (χ3v) is 3.32. The van der Waals surface area contributed by atoms with Gasteiger partial charge in [0.15, 0.2) is 5.82 Å². The number of amides is 1. The van der Waals surface area contributed by atoms with E-state index in [2.05, 4.69) is 15.3 Å². The van der Waals surface area contributed by atoms with Gasteiger partial charge in [-0.2, -0.15) is 4.98 Å². The molecule has 116 valence electrons. The van der Waals surface area contributed by atoms with Gasteiger partial charge >= 0.3 is 6.01 Å². The number of methoxy groups -OCH3 is 1. The van der Waals surface area contributed by atoms with Crippen LogP contribution in [0, 0.1) is 0 Å². The lowest BCUT2D eigenvalue weighted by atomic mass is 10.2. The Kier molecular flexibility index (Phi) is 5.05. The second kappa shape index (κ2) is 6.81. The highest BCUT2D eigenvalue weighted by atomic mass is 35.5. The average molecular weight is 341 g/mol. The molecule has 22 heavy (non-hydrogen) atoms. The molecule has 1 heterocycles. The van der Waals surface area contributed by atoms with E-state index in [0.717, 1.165) is 0 Å². The Hall–Kier alpha value is -2.05. The standard InChI is InChI=1S/C14H14Cl2N4O2/c1-20(2)12-11(7-17-14(19-12)22-3)18-13(21)9-5-4-8(15)6-10(9)16/h4-7H,1-3H3,(H,18,21). The monoisotopic (exact) mass is 340 g/mol. The summed E-state index contributed by atoms with van der Waals surface area (Å²) >= 11 is 11.9. The Morgan fingerprint density at radius 2 is 2.05 bits per heavy atom. The topological polar surface area (TPSA) is 67.3 Å². The molecule has 6 nitrogen and oxygen atoms in total. The average Bonchev–Trinajstić information content (AvgIpc) is 2.47. The maximum atomic E-state index is 12.3. The number of benzene rings is 1. The summed E-state index contributed by atoms with van der Waals surface area (Å²) < 4.78 is 4.98. The second-order valence-electron chi connectivity index (χ2n) is 4.57. The first kappa shape index (κ1) is 16.3. The van der Waals surface area contributed by atoms with Gasteiger partial charge in [-0.25, -0.2) is 4.98 Å². The van der Waals surface area contributed by atoms with Gasteiger partial charge in [-0.3, -0.25) is 4.79 Å². The Labute approximate surface area is 138 Å². The van der Waals surface area contributed by atoms with Crippen LogP contribution in [-0.2, 0) is 0 Å². The summed E-state index contributed by atoms with van der Waals surface area (Å²) in [4.78, 5) is 22.3. The Morgan fingerprint density at radius 3 is 2.64 bits per heavy atom. The molecule has 0 fully saturated rings. The van der Waals surface area contributed by atoms with Crippen LogP contribution in [0.15, 0.2) is 24.4 Å². The minimum Gasteiger partial charge on any atom is -0.467 e. The highest BCUT2D eigenvalue weighted by Crippen LogP contribution is 2.26. The molecular weight excluding hydrogens is 327 g/mol. The molecule has 0 bridgehead atoms. The highest BCUT2D eigenvalue weighted by molar-refractivity contribution is 6.37. The lowest BCUT2D eigenvalue weighted by Gasteiger charge is -2.17. The van der Waals surface area contributed by atoms with Crippen molar-refractivity contribution in [3.63, 3.8) is 0 Å². The first-order valence-corrected chi connectivity index (χ1v) is 7.02. The van der Waals surface area contributed by atoms with Crippen LogP contribution in [0.1, 0.15) is 10.4 Å². The van der Waals surface area contributed by atoms with Crippen molar-refractivity contribution in [1.29, 1.82) is 0 Å². The van der Waals surface area contributed by atoms with Gasteiger partial charge < -0.3 is 15.0 Å². The summed E-state index contributed by atoms with van der Waals surface area (Å²) in [5.41, 5.74) is 0.758. The normalized spacial score (nSPS) is 10.2. The van der Waals surface area contributed by atoms with E-state index in [1.807, 2.05) is 0 Å². The van der Waals surface area contributed by atoms with E-state index in [-0.39, 0.29) is 16.9 Å². The molecule has 0 atom stereocenters. The zero-order valence-electron chi connectivity index (χ0n) is 12.2.